The fourth-order valence-corrected chi connectivity index (χ4v) is 2.56. The number of piperidine rings is 1. The van der Waals surface area contributed by atoms with Crippen LogP contribution in [0.5, 0.6) is 5.75 Å². The molecule has 0 saturated carbocycles. The molecule has 1 aromatic carbocycles. The molecular weight excluding hydrogens is 250 g/mol. The van der Waals surface area contributed by atoms with Gasteiger partial charge in [-0.25, -0.2) is 0 Å². The van der Waals surface area contributed by atoms with E-state index in [9.17, 15) is 4.79 Å². The van der Waals surface area contributed by atoms with Crippen LogP contribution in [0.3, 0.4) is 0 Å². The van der Waals surface area contributed by atoms with Crippen molar-refractivity contribution in [1.82, 2.24) is 5.32 Å². The molecule has 98 valence electrons. The first-order valence-electron chi connectivity index (χ1n) is 6.26. The van der Waals surface area contributed by atoms with Crippen LogP contribution in [0.2, 0.25) is 5.02 Å². The van der Waals surface area contributed by atoms with Crippen LogP contribution >= 0.6 is 11.6 Å². The number of halogens is 1. The van der Waals surface area contributed by atoms with Crippen molar-refractivity contribution in [2.45, 2.75) is 19.3 Å². The van der Waals surface area contributed by atoms with Crippen molar-refractivity contribution < 1.29 is 9.53 Å². The highest BCUT2D eigenvalue weighted by atomic mass is 35.5. The number of ketones is 1. The molecule has 1 aliphatic rings. The molecule has 1 fully saturated rings. The highest BCUT2D eigenvalue weighted by Crippen LogP contribution is 2.25. The summed E-state index contributed by atoms with van der Waals surface area (Å²) < 4.78 is 5.27. The Labute approximate surface area is 112 Å². The normalized spacial score (nSPS) is 16.6. The van der Waals surface area contributed by atoms with Gasteiger partial charge in [0.25, 0.3) is 0 Å². The minimum absolute atomic E-state index is 0.176. The molecule has 1 heterocycles. The third-order valence-electron chi connectivity index (χ3n) is 3.40. The van der Waals surface area contributed by atoms with Gasteiger partial charge in [0, 0.05) is 22.9 Å². The summed E-state index contributed by atoms with van der Waals surface area (Å²) in [6.45, 7) is 1.87. The van der Waals surface area contributed by atoms with Crippen LogP contribution < -0.4 is 10.1 Å². The van der Waals surface area contributed by atoms with Gasteiger partial charge in [-0.1, -0.05) is 11.6 Å². The lowest BCUT2D eigenvalue weighted by Gasteiger charge is -2.21. The van der Waals surface area contributed by atoms with Crippen molar-refractivity contribution in [2.24, 2.45) is 5.92 Å². The molecule has 0 atom stereocenters. The van der Waals surface area contributed by atoms with Crippen LogP contribution in [-0.4, -0.2) is 26.0 Å². The van der Waals surface area contributed by atoms with E-state index in [0.29, 0.717) is 11.4 Å². The summed E-state index contributed by atoms with van der Waals surface area (Å²) in [7, 11) is 1.61. The molecule has 1 saturated heterocycles. The number of benzene rings is 1. The van der Waals surface area contributed by atoms with Crippen LogP contribution in [0, 0.1) is 5.92 Å². The van der Waals surface area contributed by atoms with Gasteiger partial charge in [-0.05, 0) is 44.1 Å². The second-order valence-electron chi connectivity index (χ2n) is 4.62. The van der Waals surface area contributed by atoms with Crippen molar-refractivity contribution in [1.29, 1.82) is 0 Å². The zero-order valence-corrected chi connectivity index (χ0v) is 11.3. The maximum absolute atomic E-state index is 12.2. The lowest BCUT2D eigenvalue weighted by molar-refractivity contribution is -0.122. The summed E-state index contributed by atoms with van der Waals surface area (Å²) in [6, 6.07) is 5.41. The molecule has 0 spiro atoms. The van der Waals surface area contributed by atoms with Gasteiger partial charge in [0.05, 0.1) is 7.11 Å². The van der Waals surface area contributed by atoms with Gasteiger partial charge in [0.15, 0.2) is 0 Å². The van der Waals surface area contributed by atoms with Gasteiger partial charge < -0.3 is 10.1 Å². The van der Waals surface area contributed by atoms with E-state index in [1.165, 1.54) is 0 Å². The Morgan fingerprint density at radius 3 is 2.83 bits per heavy atom. The summed E-state index contributed by atoms with van der Waals surface area (Å²) >= 11 is 5.97. The van der Waals surface area contributed by atoms with E-state index in [1.54, 1.807) is 13.2 Å². The zero-order valence-electron chi connectivity index (χ0n) is 10.5. The van der Waals surface area contributed by atoms with Crippen molar-refractivity contribution in [3.05, 3.63) is 28.8 Å². The quantitative estimate of drug-likeness (QED) is 0.911. The van der Waals surface area contributed by atoms with Crippen LogP contribution in [0.1, 0.15) is 18.4 Å². The molecule has 0 aliphatic carbocycles. The zero-order chi connectivity index (χ0) is 13.0. The molecule has 0 aromatic heterocycles. The minimum Gasteiger partial charge on any atom is -0.496 e. The molecule has 4 heteroatoms. The maximum atomic E-state index is 12.2. The average Bonchev–Trinajstić information content (AvgIpc) is 2.40. The number of methoxy groups -OCH3 is 1. The lowest BCUT2D eigenvalue weighted by Crippen LogP contribution is -2.32. The molecule has 1 aliphatic heterocycles. The van der Waals surface area contributed by atoms with Gasteiger partial charge in [0.1, 0.15) is 11.5 Å². The van der Waals surface area contributed by atoms with Crippen molar-refractivity contribution in [2.75, 3.05) is 20.2 Å². The molecule has 1 aromatic rings. The number of nitrogens with one attached hydrogen (secondary N) is 1. The second-order valence-corrected chi connectivity index (χ2v) is 5.06. The molecule has 0 radical (unpaired) electrons. The van der Waals surface area contributed by atoms with Crippen LogP contribution in [-0.2, 0) is 11.2 Å². The Kier molecular flexibility index (Phi) is 4.61. The first-order valence-corrected chi connectivity index (χ1v) is 6.64. The summed E-state index contributed by atoms with van der Waals surface area (Å²) in [4.78, 5) is 12.2. The third kappa shape index (κ3) is 3.24. The van der Waals surface area contributed by atoms with E-state index in [4.69, 9.17) is 16.3 Å². The smallest absolute Gasteiger partial charge is 0.140 e. The van der Waals surface area contributed by atoms with Crippen molar-refractivity contribution in [3.63, 3.8) is 0 Å². The Morgan fingerprint density at radius 1 is 1.44 bits per heavy atom. The lowest BCUT2D eigenvalue weighted by atomic mass is 9.90. The number of Topliss-reactive ketones (excluding diaryl/α,β-unsaturated/α-hetero) is 1. The van der Waals surface area contributed by atoms with E-state index in [1.807, 2.05) is 12.1 Å². The summed E-state index contributed by atoms with van der Waals surface area (Å²) in [5.74, 6) is 1.20. The van der Waals surface area contributed by atoms with Crippen LogP contribution in [0.25, 0.3) is 0 Å². The highest BCUT2D eigenvalue weighted by molar-refractivity contribution is 6.30. The molecule has 18 heavy (non-hydrogen) atoms. The topological polar surface area (TPSA) is 38.3 Å². The Hall–Kier alpha value is -1.06. The van der Waals surface area contributed by atoms with Crippen molar-refractivity contribution in [3.8, 4) is 5.75 Å². The Balaban J connectivity index is 2.07. The summed E-state index contributed by atoms with van der Waals surface area (Å²) in [5, 5.41) is 3.91. The van der Waals surface area contributed by atoms with Crippen molar-refractivity contribution >= 4 is 17.4 Å². The number of hydrogen-bond acceptors (Lipinski definition) is 3. The van der Waals surface area contributed by atoms with E-state index in [0.717, 1.165) is 37.2 Å². The molecule has 0 bridgehead atoms. The van der Waals surface area contributed by atoms with E-state index < -0.39 is 0 Å². The minimum atomic E-state index is 0.176. The first kappa shape index (κ1) is 13.4. The van der Waals surface area contributed by atoms with Gasteiger partial charge in [0.2, 0.25) is 0 Å². The summed E-state index contributed by atoms with van der Waals surface area (Å²) in [5.41, 5.74) is 0.883. The van der Waals surface area contributed by atoms with Crippen LogP contribution in [0.4, 0.5) is 0 Å². The molecular formula is C14H18ClNO2. The molecule has 0 amide bonds. The SMILES string of the molecule is COc1ccc(Cl)cc1CC(=O)C1CCNCC1. The average molecular weight is 268 g/mol. The summed E-state index contributed by atoms with van der Waals surface area (Å²) in [6.07, 6.45) is 2.28. The van der Waals surface area contributed by atoms with E-state index >= 15 is 0 Å². The van der Waals surface area contributed by atoms with E-state index in [-0.39, 0.29) is 11.7 Å². The molecule has 2 rings (SSSR count). The fourth-order valence-electron chi connectivity index (χ4n) is 2.36. The number of carbonyl (C=O) groups excluding carboxylic acids is 1. The predicted octanol–water partition coefficient (Wildman–Crippen LogP) is 2.46. The number of rotatable bonds is 4. The molecule has 1 N–H and O–H groups in total. The van der Waals surface area contributed by atoms with Crippen LogP contribution in [0.15, 0.2) is 18.2 Å². The van der Waals surface area contributed by atoms with E-state index in [2.05, 4.69) is 5.32 Å². The fraction of sp³-hybridized carbons (Fsp3) is 0.500. The maximum Gasteiger partial charge on any atom is 0.140 e. The molecule has 3 nitrogen and oxygen atoms in total. The number of ether oxygens (including phenoxy) is 1. The van der Waals surface area contributed by atoms with Gasteiger partial charge in [-0.3, -0.25) is 4.79 Å². The Morgan fingerprint density at radius 2 is 2.17 bits per heavy atom. The van der Waals surface area contributed by atoms with Gasteiger partial charge in [-0.15, -0.1) is 0 Å². The largest absolute Gasteiger partial charge is 0.496 e. The van der Waals surface area contributed by atoms with Gasteiger partial charge >= 0.3 is 0 Å². The van der Waals surface area contributed by atoms with Gasteiger partial charge in [-0.2, -0.15) is 0 Å². The third-order valence-corrected chi connectivity index (χ3v) is 3.64. The predicted molar refractivity (Wildman–Crippen MR) is 72.3 cm³/mol. The monoisotopic (exact) mass is 267 g/mol. The molecule has 0 unspecified atom stereocenters. The number of carbonyl (C=O) groups is 1. The Bertz CT molecular complexity index is 428. The number of hydrogen-bond donors (Lipinski definition) is 1. The first-order chi connectivity index (χ1) is 8.70. The standard InChI is InChI=1S/C14H18ClNO2/c1-18-14-3-2-12(15)8-11(14)9-13(17)10-4-6-16-7-5-10/h2-3,8,10,16H,4-7,9H2,1H3. The highest BCUT2D eigenvalue weighted by Gasteiger charge is 2.21. The second kappa shape index (κ2) is 6.21.